The first-order chi connectivity index (χ1) is 16.8. The van der Waals surface area contributed by atoms with Crippen LogP contribution in [0.25, 0.3) is 0 Å². The molecule has 190 valence electrons. The molecular weight excluding hydrogens is 506 g/mol. The second-order valence-electron chi connectivity index (χ2n) is 7.88. The van der Waals surface area contributed by atoms with Crippen LogP contribution in [-0.4, -0.2) is 46.1 Å². The molecule has 2 aromatic heterocycles. The molecule has 0 unspecified atom stereocenters. The topological polar surface area (TPSA) is 80.4 Å². The summed E-state index contributed by atoms with van der Waals surface area (Å²) in [6, 6.07) is 5.66. The number of benzene rings is 1. The molecule has 3 rings (SSSR count). The molecule has 0 N–H and O–H groups in total. The summed E-state index contributed by atoms with van der Waals surface area (Å²) < 4.78 is 53.9. The first-order valence-electron chi connectivity index (χ1n) is 10.3. The fraction of sp³-hybridized carbons (Fsp3) is 0.217. The lowest BCUT2D eigenvalue weighted by Gasteiger charge is -2.23. The lowest BCUT2D eigenvalue weighted by molar-refractivity contribution is -0.137. The number of nitrogens with zero attached hydrogens (tertiary/aromatic N) is 5. The van der Waals surface area contributed by atoms with E-state index in [1.807, 2.05) is 0 Å². The highest BCUT2D eigenvalue weighted by Crippen LogP contribution is 2.33. The predicted molar refractivity (Wildman–Crippen MR) is 126 cm³/mol. The van der Waals surface area contributed by atoms with E-state index in [0.717, 1.165) is 38.7 Å². The Morgan fingerprint density at radius 3 is 2.33 bits per heavy atom. The number of carbonyl (C=O) groups is 1. The van der Waals surface area contributed by atoms with Crippen LogP contribution in [0.15, 0.2) is 64.6 Å². The van der Waals surface area contributed by atoms with Gasteiger partial charge in [0.2, 0.25) is 0 Å². The second-order valence-corrected chi connectivity index (χ2v) is 8.29. The van der Waals surface area contributed by atoms with Gasteiger partial charge in [-0.3, -0.25) is 19.2 Å². The Bertz CT molecular complexity index is 1430. The summed E-state index contributed by atoms with van der Waals surface area (Å²) in [7, 11) is 4.59. The van der Waals surface area contributed by atoms with Crippen molar-refractivity contribution in [2.24, 2.45) is 0 Å². The van der Waals surface area contributed by atoms with E-state index in [-0.39, 0.29) is 12.4 Å². The Labute approximate surface area is 207 Å². The molecule has 36 heavy (non-hydrogen) atoms. The van der Waals surface area contributed by atoms with E-state index in [1.54, 1.807) is 19.0 Å². The summed E-state index contributed by atoms with van der Waals surface area (Å²) in [6.07, 6.45) is -0.658. The van der Waals surface area contributed by atoms with E-state index in [9.17, 15) is 31.9 Å². The molecular formula is C23H20ClF4N5O3. The summed E-state index contributed by atoms with van der Waals surface area (Å²) >= 11 is 6.03. The van der Waals surface area contributed by atoms with Crippen LogP contribution in [0, 0.1) is 5.82 Å². The number of aromatic nitrogens is 3. The Morgan fingerprint density at radius 1 is 1.14 bits per heavy atom. The maximum Gasteiger partial charge on any atom is 0.417 e. The molecule has 3 aromatic rings. The highest BCUT2D eigenvalue weighted by atomic mass is 35.5. The molecule has 1 aromatic carbocycles. The number of allylic oxidation sites excluding steroid dienone is 1. The Morgan fingerprint density at radius 2 is 1.78 bits per heavy atom. The van der Waals surface area contributed by atoms with Crippen LogP contribution in [-0.2, 0) is 12.7 Å². The van der Waals surface area contributed by atoms with Gasteiger partial charge in [-0.05, 0) is 23.8 Å². The number of pyridine rings is 1. The van der Waals surface area contributed by atoms with E-state index in [2.05, 4.69) is 4.98 Å². The number of hydrogen-bond donors (Lipinski definition) is 0. The number of anilines is 1. The van der Waals surface area contributed by atoms with Crippen LogP contribution >= 0.6 is 11.6 Å². The molecule has 13 heteroatoms. The average Bonchev–Trinajstić information content (AvgIpc) is 2.80. The number of carbonyl (C=O) groups excluding carboxylic acids is 1. The third-order valence-electron chi connectivity index (χ3n) is 4.98. The minimum absolute atomic E-state index is 0.235. The number of alkyl halides is 3. The van der Waals surface area contributed by atoms with E-state index in [0.29, 0.717) is 17.8 Å². The lowest BCUT2D eigenvalue weighted by atomic mass is 10.2. The van der Waals surface area contributed by atoms with Gasteiger partial charge in [-0.25, -0.2) is 18.8 Å². The third-order valence-corrected chi connectivity index (χ3v) is 5.25. The van der Waals surface area contributed by atoms with Crippen LogP contribution in [0.5, 0.6) is 0 Å². The second kappa shape index (κ2) is 10.4. The zero-order valence-corrected chi connectivity index (χ0v) is 20.0. The zero-order valence-electron chi connectivity index (χ0n) is 19.3. The molecule has 0 aliphatic heterocycles. The molecule has 0 aliphatic rings. The van der Waals surface area contributed by atoms with Crippen LogP contribution in [0.4, 0.5) is 23.4 Å². The first kappa shape index (κ1) is 26.7. The van der Waals surface area contributed by atoms with Gasteiger partial charge >= 0.3 is 11.9 Å². The minimum Gasteiger partial charge on any atom is -0.383 e. The Hall–Kier alpha value is -3.93. The molecule has 0 aliphatic carbocycles. The van der Waals surface area contributed by atoms with Crippen LogP contribution < -0.4 is 16.3 Å². The molecule has 0 amide bonds. The molecule has 2 heterocycles. The highest BCUT2D eigenvalue weighted by Gasteiger charge is 2.32. The van der Waals surface area contributed by atoms with E-state index >= 15 is 0 Å². The standard InChI is InChI=1S/C23H20ClF4N5O3/c1-30(2)9-8-19(34)17-13-33(31(3)20-18(24)10-15(11-29-20)23(26,27)28)22(36)32(21(17)35)12-14-4-6-16(25)7-5-14/h4-11,13H,12H2,1-3H3/b9-8+. The van der Waals surface area contributed by atoms with Gasteiger partial charge in [0.25, 0.3) is 5.56 Å². The van der Waals surface area contributed by atoms with Gasteiger partial charge < -0.3 is 4.90 Å². The average molecular weight is 526 g/mol. The van der Waals surface area contributed by atoms with Gasteiger partial charge in [0, 0.05) is 45.8 Å². The fourth-order valence-corrected chi connectivity index (χ4v) is 3.41. The van der Waals surface area contributed by atoms with E-state index < -0.39 is 45.2 Å². The van der Waals surface area contributed by atoms with Gasteiger partial charge in [-0.1, -0.05) is 23.7 Å². The van der Waals surface area contributed by atoms with Crippen molar-refractivity contribution in [1.82, 2.24) is 19.1 Å². The Balaban J connectivity index is 2.19. The van der Waals surface area contributed by atoms with Gasteiger partial charge in [-0.2, -0.15) is 13.2 Å². The van der Waals surface area contributed by atoms with Crippen molar-refractivity contribution >= 4 is 23.2 Å². The van der Waals surface area contributed by atoms with Crippen molar-refractivity contribution in [1.29, 1.82) is 0 Å². The molecule has 0 bridgehead atoms. The SMILES string of the molecule is CN(C)/C=C/C(=O)c1cn(N(C)c2ncc(C(F)(F)F)cc2Cl)c(=O)n(Cc2ccc(F)cc2)c1=O. The van der Waals surface area contributed by atoms with Gasteiger partial charge in [0.1, 0.15) is 11.4 Å². The molecule has 0 radical (unpaired) electrons. The van der Waals surface area contributed by atoms with Crippen molar-refractivity contribution in [2.45, 2.75) is 12.7 Å². The smallest absolute Gasteiger partial charge is 0.383 e. The van der Waals surface area contributed by atoms with E-state index in [1.165, 1.54) is 25.4 Å². The number of ketones is 1. The largest absolute Gasteiger partial charge is 0.417 e. The summed E-state index contributed by atoms with van der Waals surface area (Å²) in [5.74, 6) is -1.49. The summed E-state index contributed by atoms with van der Waals surface area (Å²) in [4.78, 5) is 44.4. The molecule has 8 nitrogen and oxygen atoms in total. The van der Waals surface area contributed by atoms with Crippen molar-refractivity contribution < 1.29 is 22.4 Å². The molecule has 0 spiro atoms. The van der Waals surface area contributed by atoms with Crippen molar-refractivity contribution in [3.63, 3.8) is 0 Å². The van der Waals surface area contributed by atoms with Crippen molar-refractivity contribution in [3.05, 3.63) is 103 Å². The monoisotopic (exact) mass is 525 g/mol. The van der Waals surface area contributed by atoms with Crippen LogP contribution in [0.1, 0.15) is 21.5 Å². The lowest BCUT2D eigenvalue weighted by Crippen LogP contribution is -2.48. The number of hydrogen-bond acceptors (Lipinski definition) is 6. The van der Waals surface area contributed by atoms with Crippen molar-refractivity contribution in [3.8, 4) is 0 Å². The molecule has 0 fully saturated rings. The highest BCUT2D eigenvalue weighted by molar-refractivity contribution is 6.33. The summed E-state index contributed by atoms with van der Waals surface area (Å²) in [5, 5.41) is 0.591. The summed E-state index contributed by atoms with van der Waals surface area (Å²) in [5.41, 5.74) is -2.94. The maximum atomic E-state index is 13.3. The van der Waals surface area contributed by atoms with Crippen molar-refractivity contribution in [2.75, 3.05) is 26.2 Å². The molecule has 0 atom stereocenters. The third kappa shape index (κ3) is 5.82. The van der Waals surface area contributed by atoms with Gasteiger partial charge in [-0.15, -0.1) is 0 Å². The first-order valence-corrected chi connectivity index (χ1v) is 10.6. The van der Waals surface area contributed by atoms with Gasteiger partial charge in [0.05, 0.1) is 17.1 Å². The Kier molecular flexibility index (Phi) is 7.68. The zero-order chi connectivity index (χ0) is 26.8. The fourth-order valence-electron chi connectivity index (χ4n) is 3.12. The molecule has 0 saturated heterocycles. The number of rotatable bonds is 7. The maximum absolute atomic E-state index is 13.3. The summed E-state index contributed by atoms with van der Waals surface area (Å²) in [6.45, 7) is -0.307. The minimum atomic E-state index is -4.69. The van der Waals surface area contributed by atoms with Crippen LogP contribution in [0.3, 0.4) is 0 Å². The normalized spacial score (nSPS) is 11.7. The van der Waals surface area contributed by atoms with Crippen LogP contribution in [0.2, 0.25) is 5.02 Å². The van der Waals surface area contributed by atoms with E-state index in [4.69, 9.17) is 11.6 Å². The molecule has 0 saturated carbocycles. The van der Waals surface area contributed by atoms with Gasteiger partial charge in [0.15, 0.2) is 11.6 Å². The number of halogens is 5. The predicted octanol–water partition coefficient (Wildman–Crippen LogP) is 3.42. The quantitative estimate of drug-likeness (QED) is 0.267.